The van der Waals surface area contributed by atoms with E-state index in [-0.39, 0.29) is 11.4 Å². The van der Waals surface area contributed by atoms with Crippen LogP contribution in [0.15, 0.2) is 0 Å². The van der Waals surface area contributed by atoms with Crippen molar-refractivity contribution in [2.24, 2.45) is 0 Å². The number of amides is 1. The topological polar surface area (TPSA) is 38.3 Å². The van der Waals surface area contributed by atoms with E-state index in [2.05, 4.69) is 12.2 Å². The van der Waals surface area contributed by atoms with Crippen LogP contribution in [0.3, 0.4) is 0 Å². The number of nitrogens with one attached hydrogen (secondary N) is 1. The zero-order valence-corrected chi connectivity index (χ0v) is 8.23. The second kappa shape index (κ2) is 2.73. The molecule has 0 bridgehead atoms. The molecule has 0 heterocycles. The van der Waals surface area contributed by atoms with Gasteiger partial charge in [0.15, 0.2) is 0 Å². The van der Waals surface area contributed by atoms with Gasteiger partial charge >= 0.3 is 0 Å². The van der Waals surface area contributed by atoms with Gasteiger partial charge in [0.1, 0.15) is 5.60 Å². The molecule has 70 valence electrons. The average Bonchev–Trinajstić information content (AvgIpc) is 2.68. The summed E-state index contributed by atoms with van der Waals surface area (Å²) in [6.45, 7) is 5.60. The molecule has 1 N–H and O–H groups in total. The van der Waals surface area contributed by atoms with Gasteiger partial charge in [-0.2, -0.15) is 0 Å². The van der Waals surface area contributed by atoms with Crippen molar-refractivity contribution in [2.75, 3.05) is 7.11 Å². The van der Waals surface area contributed by atoms with Crippen LogP contribution in [-0.2, 0) is 9.53 Å². The van der Waals surface area contributed by atoms with Gasteiger partial charge in [-0.05, 0) is 33.6 Å². The van der Waals surface area contributed by atoms with Gasteiger partial charge in [0.05, 0.1) is 0 Å². The van der Waals surface area contributed by atoms with Crippen molar-refractivity contribution < 1.29 is 9.53 Å². The van der Waals surface area contributed by atoms with E-state index in [1.165, 1.54) is 0 Å². The van der Waals surface area contributed by atoms with Crippen LogP contribution in [0.5, 0.6) is 0 Å². The number of methoxy groups -OCH3 is 1. The minimum atomic E-state index is -0.703. The zero-order chi connectivity index (χ0) is 9.41. The highest BCUT2D eigenvalue weighted by atomic mass is 16.5. The molecule has 1 aliphatic carbocycles. The zero-order valence-electron chi connectivity index (χ0n) is 8.23. The fourth-order valence-corrected chi connectivity index (χ4v) is 0.830. The Labute approximate surface area is 73.5 Å². The normalized spacial score (nSPS) is 20.3. The number of ether oxygens (including phenoxy) is 1. The fourth-order valence-electron chi connectivity index (χ4n) is 0.830. The summed E-state index contributed by atoms with van der Waals surface area (Å²) < 4.78 is 5.06. The smallest absolute Gasteiger partial charge is 0.252 e. The largest absolute Gasteiger partial charge is 0.369 e. The summed E-state index contributed by atoms with van der Waals surface area (Å²) in [6.07, 6.45) is 2.16. The monoisotopic (exact) mass is 171 g/mol. The molecule has 0 unspecified atom stereocenters. The van der Waals surface area contributed by atoms with Crippen LogP contribution < -0.4 is 5.32 Å². The lowest BCUT2D eigenvalue weighted by molar-refractivity contribution is -0.140. The highest BCUT2D eigenvalue weighted by Gasteiger charge is 2.41. The molecule has 3 nitrogen and oxygen atoms in total. The number of hydrogen-bond acceptors (Lipinski definition) is 2. The Balaban J connectivity index is 2.47. The van der Waals surface area contributed by atoms with Crippen molar-refractivity contribution in [3.05, 3.63) is 0 Å². The molecule has 0 aliphatic heterocycles. The number of carbonyl (C=O) groups excluding carboxylic acids is 1. The first kappa shape index (κ1) is 9.52. The Kier molecular flexibility index (Phi) is 2.17. The van der Waals surface area contributed by atoms with Crippen molar-refractivity contribution in [3.63, 3.8) is 0 Å². The van der Waals surface area contributed by atoms with E-state index in [4.69, 9.17) is 4.74 Å². The van der Waals surface area contributed by atoms with Gasteiger partial charge in [-0.1, -0.05) is 0 Å². The Morgan fingerprint density at radius 3 is 2.33 bits per heavy atom. The first-order valence-electron chi connectivity index (χ1n) is 4.27. The lowest BCUT2D eigenvalue weighted by Gasteiger charge is -2.24. The second-order valence-corrected chi connectivity index (χ2v) is 4.23. The van der Waals surface area contributed by atoms with Gasteiger partial charge in [0.25, 0.3) is 5.91 Å². The Bertz CT molecular complexity index is 195. The number of hydrogen-bond donors (Lipinski definition) is 1. The van der Waals surface area contributed by atoms with E-state index in [0.717, 1.165) is 12.8 Å². The van der Waals surface area contributed by atoms with Crippen LogP contribution in [0.25, 0.3) is 0 Å². The van der Waals surface area contributed by atoms with E-state index >= 15 is 0 Å². The van der Waals surface area contributed by atoms with Crippen LogP contribution in [-0.4, -0.2) is 24.2 Å². The summed E-state index contributed by atoms with van der Waals surface area (Å²) in [7, 11) is 1.55. The van der Waals surface area contributed by atoms with E-state index < -0.39 is 5.60 Å². The lowest BCUT2D eigenvalue weighted by Crippen LogP contribution is -2.47. The van der Waals surface area contributed by atoms with Crippen molar-refractivity contribution in [2.45, 2.75) is 44.8 Å². The Hall–Kier alpha value is -0.570. The third kappa shape index (κ3) is 1.97. The molecular formula is C9H17NO2. The fraction of sp³-hybridized carbons (Fsp3) is 0.889. The molecule has 0 saturated heterocycles. The standard InChI is InChI=1S/C9H17NO2/c1-8(2,12-4)7(11)10-9(3)5-6-9/h5-6H2,1-4H3,(H,10,11). The van der Waals surface area contributed by atoms with E-state index in [9.17, 15) is 4.79 Å². The minimum Gasteiger partial charge on any atom is -0.369 e. The molecule has 0 aromatic carbocycles. The molecular weight excluding hydrogens is 154 g/mol. The third-order valence-electron chi connectivity index (χ3n) is 2.47. The molecule has 1 fully saturated rings. The SMILES string of the molecule is COC(C)(C)C(=O)NC1(C)CC1. The molecule has 1 amide bonds. The maximum atomic E-state index is 11.5. The maximum Gasteiger partial charge on any atom is 0.252 e. The molecule has 1 rings (SSSR count). The quantitative estimate of drug-likeness (QED) is 0.690. The Morgan fingerprint density at radius 1 is 1.50 bits per heavy atom. The maximum absolute atomic E-state index is 11.5. The number of rotatable bonds is 3. The summed E-state index contributed by atoms with van der Waals surface area (Å²) >= 11 is 0. The molecule has 0 radical (unpaired) electrons. The molecule has 0 atom stereocenters. The van der Waals surface area contributed by atoms with Crippen LogP contribution >= 0.6 is 0 Å². The molecule has 12 heavy (non-hydrogen) atoms. The molecule has 1 saturated carbocycles. The highest BCUT2D eigenvalue weighted by Crippen LogP contribution is 2.34. The average molecular weight is 171 g/mol. The summed E-state index contributed by atoms with van der Waals surface area (Å²) in [5, 5.41) is 2.96. The van der Waals surface area contributed by atoms with Gasteiger partial charge in [-0.3, -0.25) is 4.79 Å². The molecule has 0 spiro atoms. The molecule has 0 aromatic rings. The van der Waals surface area contributed by atoms with Gasteiger partial charge < -0.3 is 10.1 Å². The summed E-state index contributed by atoms with van der Waals surface area (Å²) in [4.78, 5) is 11.5. The predicted molar refractivity (Wildman–Crippen MR) is 46.9 cm³/mol. The molecule has 0 aromatic heterocycles. The van der Waals surface area contributed by atoms with Gasteiger partial charge in [-0.15, -0.1) is 0 Å². The second-order valence-electron chi connectivity index (χ2n) is 4.23. The summed E-state index contributed by atoms with van der Waals surface area (Å²) in [5.74, 6) is -0.0231. The summed E-state index contributed by atoms with van der Waals surface area (Å²) in [6, 6.07) is 0. The highest BCUT2D eigenvalue weighted by molar-refractivity contribution is 5.85. The van der Waals surface area contributed by atoms with Crippen molar-refractivity contribution in [1.82, 2.24) is 5.32 Å². The van der Waals surface area contributed by atoms with E-state index in [0.29, 0.717) is 0 Å². The minimum absolute atomic E-state index is 0.0231. The van der Waals surface area contributed by atoms with E-state index in [1.807, 2.05) is 0 Å². The van der Waals surface area contributed by atoms with Crippen molar-refractivity contribution >= 4 is 5.91 Å². The first-order valence-corrected chi connectivity index (χ1v) is 4.27. The van der Waals surface area contributed by atoms with Gasteiger partial charge in [0, 0.05) is 12.6 Å². The summed E-state index contributed by atoms with van der Waals surface area (Å²) in [5.41, 5.74) is -0.654. The third-order valence-corrected chi connectivity index (χ3v) is 2.47. The molecule has 3 heteroatoms. The van der Waals surface area contributed by atoms with Crippen molar-refractivity contribution in [1.29, 1.82) is 0 Å². The number of carbonyl (C=O) groups is 1. The Morgan fingerprint density at radius 2 is 2.00 bits per heavy atom. The first-order chi connectivity index (χ1) is 5.40. The van der Waals surface area contributed by atoms with E-state index in [1.54, 1.807) is 21.0 Å². The van der Waals surface area contributed by atoms with Gasteiger partial charge in [-0.25, -0.2) is 0 Å². The van der Waals surface area contributed by atoms with Crippen LogP contribution in [0.4, 0.5) is 0 Å². The van der Waals surface area contributed by atoms with Gasteiger partial charge in [0.2, 0.25) is 0 Å². The van der Waals surface area contributed by atoms with Crippen LogP contribution in [0.2, 0.25) is 0 Å². The van der Waals surface area contributed by atoms with Crippen LogP contribution in [0.1, 0.15) is 33.6 Å². The van der Waals surface area contributed by atoms with Crippen LogP contribution in [0, 0.1) is 0 Å². The van der Waals surface area contributed by atoms with Crippen molar-refractivity contribution in [3.8, 4) is 0 Å². The lowest BCUT2D eigenvalue weighted by atomic mass is 10.1. The molecule has 1 aliphatic rings. The predicted octanol–water partition coefficient (Wildman–Crippen LogP) is 1.08.